The molecule has 2 heteroatoms. The Morgan fingerprint density at radius 2 is 2.00 bits per heavy atom. The lowest BCUT2D eigenvalue weighted by molar-refractivity contribution is 0.0426. The first kappa shape index (κ1) is 15.0. The van der Waals surface area contributed by atoms with Gasteiger partial charge in [0.1, 0.15) is 0 Å². The summed E-state index contributed by atoms with van der Waals surface area (Å²) in [7, 11) is 1.82. The fourth-order valence-corrected chi connectivity index (χ4v) is 2.79. The summed E-state index contributed by atoms with van der Waals surface area (Å²) in [4.78, 5) is 4.18. The van der Waals surface area contributed by atoms with Gasteiger partial charge in [0, 0.05) is 12.8 Å². The number of benzene rings is 1. The van der Waals surface area contributed by atoms with Gasteiger partial charge in [-0.2, -0.15) is 0 Å². The van der Waals surface area contributed by atoms with E-state index >= 15 is 0 Å². The molecule has 0 saturated heterocycles. The molecule has 0 bridgehead atoms. The molecule has 1 atom stereocenters. The highest BCUT2D eigenvalue weighted by atomic mass is 16.3. The molecule has 1 unspecified atom stereocenters. The lowest BCUT2D eigenvalue weighted by Crippen LogP contribution is -2.37. The molecule has 0 amide bonds. The summed E-state index contributed by atoms with van der Waals surface area (Å²) in [5, 5.41) is 10.2. The Bertz CT molecular complexity index is 567. The van der Waals surface area contributed by atoms with Crippen LogP contribution in [0.25, 0.3) is 5.57 Å². The lowest BCUT2D eigenvalue weighted by Gasteiger charge is -2.36. The first-order chi connectivity index (χ1) is 9.33. The average Bonchev–Trinajstić information content (AvgIpc) is 2.38. The van der Waals surface area contributed by atoms with Gasteiger partial charge in [0.2, 0.25) is 0 Å². The van der Waals surface area contributed by atoms with Crippen molar-refractivity contribution in [2.75, 3.05) is 7.05 Å². The number of nitrogens with zero attached hydrogens (tertiary/aromatic N) is 1. The summed E-state index contributed by atoms with van der Waals surface area (Å²) in [5.74, 6) is 0. The Kier molecular flexibility index (Phi) is 4.14. The van der Waals surface area contributed by atoms with E-state index in [2.05, 4.69) is 50.0 Å². The molecule has 2 nitrogen and oxygen atoms in total. The van der Waals surface area contributed by atoms with Gasteiger partial charge in [-0.25, -0.2) is 0 Å². The highest BCUT2D eigenvalue weighted by molar-refractivity contribution is 5.98. The summed E-state index contributed by atoms with van der Waals surface area (Å²) in [6.07, 6.45) is 3.57. The number of aliphatic imine (C=N–C) groups is 1. The minimum Gasteiger partial charge on any atom is -0.392 e. The van der Waals surface area contributed by atoms with Gasteiger partial charge in [0.25, 0.3) is 0 Å². The van der Waals surface area contributed by atoms with Crippen molar-refractivity contribution in [2.24, 2.45) is 10.4 Å². The van der Waals surface area contributed by atoms with Gasteiger partial charge in [-0.3, -0.25) is 4.99 Å². The van der Waals surface area contributed by atoms with Crippen LogP contribution in [0.1, 0.15) is 44.4 Å². The minimum atomic E-state index is -0.244. The second-order valence-corrected chi connectivity index (χ2v) is 6.56. The highest BCUT2D eigenvalue weighted by Crippen LogP contribution is 2.36. The predicted octanol–water partition coefficient (Wildman–Crippen LogP) is 3.67. The van der Waals surface area contributed by atoms with E-state index in [-0.39, 0.29) is 11.5 Å². The van der Waals surface area contributed by atoms with Crippen LogP contribution in [-0.2, 0) is 12.8 Å². The van der Waals surface area contributed by atoms with E-state index < -0.39 is 0 Å². The first-order valence-corrected chi connectivity index (χ1v) is 7.25. The van der Waals surface area contributed by atoms with E-state index in [1.165, 1.54) is 22.3 Å². The van der Waals surface area contributed by atoms with Gasteiger partial charge < -0.3 is 5.11 Å². The third-order valence-corrected chi connectivity index (χ3v) is 4.40. The molecule has 108 valence electrons. The Hall–Kier alpha value is -1.41. The molecule has 1 aliphatic rings. The Balaban J connectivity index is 2.36. The topological polar surface area (TPSA) is 32.6 Å². The molecule has 0 fully saturated rings. The zero-order valence-corrected chi connectivity index (χ0v) is 13.2. The molecule has 0 aromatic heterocycles. The minimum absolute atomic E-state index is 0.0377. The van der Waals surface area contributed by atoms with Crippen molar-refractivity contribution in [2.45, 2.75) is 46.6 Å². The van der Waals surface area contributed by atoms with E-state index in [0.717, 1.165) is 18.6 Å². The number of fused-ring (bicyclic) bond motifs is 1. The fraction of sp³-hybridized carbons (Fsp3) is 0.500. The summed E-state index contributed by atoms with van der Waals surface area (Å²) in [6, 6.07) is 6.59. The zero-order valence-electron chi connectivity index (χ0n) is 13.2. The number of aliphatic hydroxyl groups excluding tert-OH is 1. The van der Waals surface area contributed by atoms with Crippen LogP contribution >= 0.6 is 0 Å². The molecular weight excluding hydrogens is 246 g/mol. The van der Waals surface area contributed by atoms with Gasteiger partial charge in [0.15, 0.2) is 0 Å². The molecule has 0 saturated carbocycles. The van der Waals surface area contributed by atoms with Crippen molar-refractivity contribution < 1.29 is 5.11 Å². The third kappa shape index (κ3) is 3.01. The Morgan fingerprint density at radius 1 is 1.30 bits per heavy atom. The van der Waals surface area contributed by atoms with E-state index in [4.69, 9.17) is 0 Å². The van der Waals surface area contributed by atoms with Crippen LogP contribution in [0.4, 0.5) is 0 Å². The lowest BCUT2D eigenvalue weighted by atomic mass is 9.72. The summed E-state index contributed by atoms with van der Waals surface area (Å²) in [6.45, 7) is 8.42. The fourth-order valence-electron chi connectivity index (χ4n) is 2.79. The van der Waals surface area contributed by atoms with Crippen LogP contribution in [0.5, 0.6) is 0 Å². The number of rotatable bonds is 2. The number of hydrogen-bond donors (Lipinski definition) is 1. The van der Waals surface area contributed by atoms with Crippen LogP contribution in [0.15, 0.2) is 29.3 Å². The van der Waals surface area contributed by atoms with E-state index in [0.29, 0.717) is 0 Å². The number of hydrogen-bond acceptors (Lipinski definition) is 2. The average molecular weight is 271 g/mol. The highest BCUT2D eigenvalue weighted by Gasteiger charge is 2.33. The maximum atomic E-state index is 10.2. The van der Waals surface area contributed by atoms with Crippen molar-refractivity contribution in [3.8, 4) is 0 Å². The SMILES string of the molecule is CN=C(C)/C=C(/C)c1ccc2c(c1)CC(C)(C)C(O)C2. The normalized spacial score (nSPS) is 22.6. The van der Waals surface area contributed by atoms with E-state index in [9.17, 15) is 5.11 Å². The Morgan fingerprint density at radius 3 is 2.65 bits per heavy atom. The van der Waals surface area contributed by atoms with Crippen LogP contribution in [-0.4, -0.2) is 24.0 Å². The van der Waals surface area contributed by atoms with Crippen molar-refractivity contribution in [1.29, 1.82) is 0 Å². The molecule has 1 aromatic carbocycles. The summed E-state index contributed by atoms with van der Waals surface area (Å²) < 4.78 is 0. The van der Waals surface area contributed by atoms with Crippen molar-refractivity contribution in [1.82, 2.24) is 0 Å². The standard InChI is InChI=1S/C18H25NO/c1-12(8-13(2)19-5)14-6-7-15-10-17(20)18(3,4)11-16(15)9-14/h6-9,17,20H,10-11H2,1-5H3/b12-8-,19-13?. The molecule has 20 heavy (non-hydrogen) atoms. The molecule has 0 radical (unpaired) electrons. The maximum Gasteiger partial charge on any atom is 0.0634 e. The number of allylic oxidation sites excluding steroid dienone is 2. The van der Waals surface area contributed by atoms with E-state index in [1.807, 2.05) is 14.0 Å². The third-order valence-electron chi connectivity index (χ3n) is 4.40. The quantitative estimate of drug-likeness (QED) is 0.818. The number of aliphatic hydroxyl groups is 1. The van der Waals surface area contributed by atoms with Crippen molar-refractivity contribution >= 4 is 11.3 Å². The smallest absolute Gasteiger partial charge is 0.0634 e. The van der Waals surface area contributed by atoms with Gasteiger partial charge >= 0.3 is 0 Å². The van der Waals surface area contributed by atoms with Crippen molar-refractivity contribution in [3.63, 3.8) is 0 Å². The van der Waals surface area contributed by atoms with Crippen LogP contribution < -0.4 is 0 Å². The molecule has 1 aromatic rings. The molecular formula is C18H25NO. The van der Waals surface area contributed by atoms with Crippen LogP contribution in [0.3, 0.4) is 0 Å². The monoisotopic (exact) mass is 271 g/mol. The summed E-state index contributed by atoms with van der Waals surface area (Å²) >= 11 is 0. The Labute approximate surface area is 122 Å². The van der Waals surface area contributed by atoms with Crippen molar-refractivity contribution in [3.05, 3.63) is 41.0 Å². The predicted molar refractivity (Wildman–Crippen MR) is 86.3 cm³/mol. The molecule has 0 heterocycles. The molecule has 0 aliphatic heterocycles. The second-order valence-electron chi connectivity index (χ2n) is 6.56. The maximum absolute atomic E-state index is 10.2. The summed E-state index contributed by atoms with van der Waals surface area (Å²) in [5.41, 5.74) is 6.14. The van der Waals surface area contributed by atoms with Gasteiger partial charge in [-0.1, -0.05) is 32.0 Å². The van der Waals surface area contributed by atoms with Crippen LogP contribution in [0.2, 0.25) is 0 Å². The van der Waals surface area contributed by atoms with Gasteiger partial charge in [0.05, 0.1) is 6.10 Å². The van der Waals surface area contributed by atoms with Crippen LogP contribution in [0, 0.1) is 5.41 Å². The molecule has 0 spiro atoms. The first-order valence-electron chi connectivity index (χ1n) is 7.25. The van der Waals surface area contributed by atoms with Gasteiger partial charge in [-0.05, 0) is 60.4 Å². The molecule has 1 N–H and O–H groups in total. The zero-order chi connectivity index (χ0) is 14.9. The second kappa shape index (κ2) is 5.53. The molecule has 2 rings (SSSR count). The van der Waals surface area contributed by atoms with E-state index in [1.54, 1.807) is 0 Å². The van der Waals surface area contributed by atoms with Gasteiger partial charge in [-0.15, -0.1) is 0 Å². The molecule has 1 aliphatic carbocycles. The largest absolute Gasteiger partial charge is 0.392 e.